The highest BCUT2D eigenvalue weighted by molar-refractivity contribution is 8.00. The third kappa shape index (κ3) is 6.71. The molecule has 1 spiro atoms. The number of halogens is 5. The number of aromatic nitrogens is 2. The van der Waals surface area contributed by atoms with E-state index in [9.17, 15) is 18.3 Å². The highest BCUT2D eigenvalue weighted by Crippen LogP contribution is 2.50. The van der Waals surface area contributed by atoms with Crippen molar-refractivity contribution in [2.24, 2.45) is 5.41 Å². The highest BCUT2D eigenvalue weighted by Gasteiger charge is 2.49. The van der Waals surface area contributed by atoms with Gasteiger partial charge in [0, 0.05) is 78.1 Å². The fourth-order valence-corrected chi connectivity index (χ4v) is 9.90. The van der Waals surface area contributed by atoms with Gasteiger partial charge < -0.3 is 24.8 Å². The molecule has 8 nitrogen and oxygen atoms in total. The van der Waals surface area contributed by atoms with E-state index in [1.807, 2.05) is 4.90 Å². The van der Waals surface area contributed by atoms with E-state index >= 15 is 8.78 Å². The van der Waals surface area contributed by atoms with Crippen molar-refractivity contribution >= 4 is 39.3 Å². The van der Waals surface area contributed by atoms with Gasteiger partial charge in [-0.15, -0.1) is 6.42 Å². The Hall–Kier alpha value is -3.90. The first-order valence-corrected chi connectivity index (χ1v) is 19.4. The summed E-state index contributed by atoms with van der Waals surface area (Å²) in [7, 11) is 0. The monoisotopic (exact) mass is 765 g/mol. The Morgan fingerprint density at radius 2 is 1.85 bits per heavy atom. The van der Waals surface area contributed by atoms with Gasteiger partial charge in [0.1, 0.15) is 22.9 Å². The molecule has 4 saturated heterocycles. The molecule has 3 aromatic carbocycles. The van der Waals surface area contributed by atoms with Gasteiger partial charge in [0.15, 0.2) is 5.82 Å². The second-order valence-corrected chi connectivity index (χ2v) is 16.9. The largest absolute Gasteiger partial charge is 0.508 e. The van der Waals surface area contributed by atoms with E-state index in [1.165, 1.54) is 24.6 Å². The first-order chi connectivity index (χ1) is 25.9. The molecule has 4 aliphatic heterocycles. The number of hydrogen-bond acceptors (Lipinski definition) is 9. The van der Waals surface area contributed by atoms with Crippen LogP contribution in [0.15, 0.2) is 35.2 Å². The van der Waals surface area contributed by atoms with Crippen LogP contribution in [0.25, 0.3) is 32.8 Å². The number of piperazine rings is 1. The van der Waals surface area contributed by atoms with Crippen LogP contribution in [-0.4, -0.2) is 89.1 Å². The quantitative estimate of drug-likeness (QED) is 0.106. The van der Waals surface area contributed by atoms with Gasteiger partial charge in [-0.05, 0) is 98.3 Å². The summed E-state index contributed by atoms with van der Waals surface area (Å²) < 4.78 is 88.0. The fourth-order valence-electron chi connectivity index (χ4n) is 9.17. The van der Waals surface area contributed by atoms with Gasteiger partial charge in [-0.25, -0.2) is 8.78 Å². The van der Waals surface area contributed by atoms with Crippen molar-refractivity contribution in [1.29, 1.82) is 0 Å². The van der Waals surface area contributed by atoms with E-state index in [-0.39, 0.29) is 67.7 Å². The van der Waals surface area contributed by atoms with Crippen molar-refractivity contribution in [2.45, 2.75) is 79.5 Å². The molecule has 3 unspecified atom stereocenters. The summed E-state index contributed by atoms with van der Waals surface area (Å²) in [6.07, 6.45) is 13.8. The van der Waals surface area contributed by atoms with Crippen LogP contribution in [-0.2, 0) is 4.74 Å². The van der Waals surface area contributed by atoms with E-state index in [2.05, 4.69) is 21.1 Å². The maximum absolute atomic E-state index is 17.4. The first kappa shape index (κ1) is 35.8. The summed E-state index contributed by atoms with van der Waals surface area (Å²) in [6.45, 7) is 4.82. The van der Waals surface area contributed by atoms with Crippen LogP contribution in [0.4, 0.5) is 27.8 Å². The van der Waals surface area contributed by atoms with Gasteiger partial charge in [-0.3, -0.25) is 4.90 Å². The molecule has 284 valence electrons. The van der Waals surface area contributed by atoms with Gasteiger partial charge in [0.25, 0.3) is 0 Å². The summed E-state index contributed by atoms with van der Waals surface area (Å²) >= 11 is -0.497. The van der Waals surface area contributed by atoms with Gasteiger partial charge in [-0.1, -0.05) is 12.0 Å². The van der Waals surface area contributed by atoms with Crippen molar-refractivity contribution in [3.05, 3.63) is 47.5 Å². The van der Waals surface area contributed by atoms with Crippen LogP contribution in [0.3, 0.4) is 0 Å². The standard InChI is InChI=1S/C40H40F5N5O3S/c1-2-27-30(41)8-5-23-15-26(51)16-28(32(23)27)33-31(54-40(43,44)45)17-29-35(34(33)42)47-37(48-36(29)50-18-24-6-7-25(19-50)46-24)52-22-38(10-11-38)20-49-13-12-39(21-49)9-3-4-14-53-39/h1,5,8,15-17,24-25,46,51H,3-4,6-7,9-14,18-22H2. The van der Waals surface area contributed by atoms with Crippen LogP contribution in [0.1, 0.15) is 56.9 Å². The molecule has 5 heterocycles. The third-order valence-corrected chi connectivity index (χ3v) is 12.7. The zero-order valence-electron chi connectivity index (χ0n) is 29.6. The Bertz CT molecular complexity index is 2170. The molecule has 2 N–H and O–H groups in total. The van der Waals surface area contributed by atoms with Crippen LogP contribution in [0, 0.1) is 29.4 Å². The van der Waals surface area contributed by atoms with E-state index in [4.69, 9.17) is 20.9 Å². The number of ether oxygens (including phenoxy) is 2. The number of likely N-dealkylation sites (tertiary alicyclic amines) is 1. The van der Waals surface area contributed by atoms with Gasteiger partial charge >= 0.3 is 11.5 Å². The number of fused-ring (bicyclic) bond motifs is 4. The van der Waals surface area contributed by atoms with E-state index in [0.29, 0.717) is 25.5 Å². The van der Waals surface area contributed by atoms with Crippen molar-refractivity contribution in [3.63, 3.8) is 0 Å². The number of benzene rings is 3. The summed E-state index contributed by atoms with van der Waals surface area (Å²) in [5, 5.41) is 14.6. The summed E-state index contributed by atoms with van der Waals surface area (Å²) in [6, 6.07) is 6.33. The van der Waals surface area contributed by atoms with Crippen molar-refractivity contribution < 1.29 is 36.5 Å². The zero-order valence-corrected chi connectivity index (χ0v) is 30.4. The van der Waals surface area contributed by atoms with Gasteiger partial charge in [-0.2, -0.15) is 23.1 Å². The first-order valence-electron chi connectivity index (χ1n) is 18.6. The molecule has 1 aliphatic carbocycles. The Balaban J connectivity index is 1.15. The second-order valence-electron chi connectivity index (χ2n) is 15.8. The number of thioether (sulfide) groups is 1. The Kier molecular flexibility index (Phi) is 8.87. The molecule has 14 heteroatoms. The van der Waals surface area contributed by atoms with E-state index in [1.54, 1.807) is 0 Å². The Morgan fingerprint density at radius 1 is 1.06 bits per heavy atom. The topological polar surface area (TPSA) is 83.0 Å². The van der Waals surface area contributed by atoms with Gasteiger partial charge in [0.2, 0.25) is 0 Å². The molecular weight excluding hydrogens is 726 g/mol. The van der Waals surface area contributed by atoms with Crippen molar-refractivity contribution in [3.8, 4) is 35.2 Å². The lowest BCUT2D eigenvalue weighted by Crippen LogP contribution is -2.51. The molecule has 4 aromatic rings. The molecule has 9 rings (SSSR count). The van der Waals surface area contributed by atoms with E-state index < -0.39 is 39.4 Å². The average Bonchev–Trinajstić information content (AvgIpc) is 3.68. The number of rotatable bonds is 8. The number of phenolic OH excluding ortho intramolecular Hbond substituents is 1. The molecule has 0 radical (unpaired) electrons. The normalized spacial score (nSPS) is 25.1. The maximum atomic E-state index is 17.4. The molecule has 2 bridgehead atoms. The molecule has 5 fully saturated rings. The molecule has 1 aromatic heterocycles. The smallest absolute Gasteiger partial charge is 0.446 e. The summed E-state index contributed by atoms with van der Waals surface area (Å²) in [5.41, 5.74) is -6.21. The van der Waals surface area contributed by atoms with Crippen LogP contribution in [0.2, 0.25) is 0 Å². The van der Waals surface area contributed by atoms with E-state index in [0.717, 1.165) is 83.3 Å². The van der Waals surface area contributed by atoms with Crippen LogP contribution >= 0.6 is 11.8 Å². The number of nitrogens with zero attached hydrogens (tertiary/aromatic N) is 4. The Labute approximate surface area is 313 Å². The number of hydrogen-bond donors (Lipinski definition) is 2. The molecule has 0 amide bonds. The predicted octanol–water partition coefficient (Wildman–Crippen LogP) is 7.77. The van der Waals surface area contributed by atoms with Crippen LogP contribution in [0.5, 0.6) is 11.8 Å². The third-order valence-electron chi connectivity index (χ3n) is 11.9. The molecule has 54 heavy (non-hydrogen) atoms. The fraction of sp³-hybridized carbons (Fsp3) is 0.500. The Morgan fingerprint density at radius 3 is 2.56 bits per heavy atom. The SMILES string of the molecule is C#Cc1c(F)ccc2cc(O)cc(-c3c(SC(F)(F)F)cc4c(N5CC6CCC(C5)N6)nc(OCC5(CN6CCC7(CCCCO7)C6)CC5)nc4c3F)c12. The average molecular weight is 766 g/mol. The van der Waals surface area contributed by atoms with Crippen molar-refractivity contribution in [2.75, 3.05) is 50.8 Å². The number of alkyl halides is 3. The molecular formula is C40H40F5N5O3S. The number of nitrogens with one attached hydrogen (secondary N) is 1. The second kappa shape index (κ2) is 13.4. The molecule has 5 aliphatic rings. The molecule has 1 saturated carbocycles. The summed E-state index contributed by atoms with van der Waals surface area (Å²) in [5.74, 6) is 0.320. The lowest BCUT2D eigenvalue weighted by atomic mass is 9.93. The number of anilines is 1. The minimum atomic E-state index is -4.82. The summed E-state index contributed by atoms with van der Waals surface area (Å²) in [4.78, 5) is 13.3. The lowest BCUT2D eigenvalue weighted by molar-refractivity contribution is -0.0704. The van der Waals surface area contributed by atoms with Crippen LogP contribution < -0.4 is 15.0 Å². The predicted molar refractivity (Wildman–Crippen MR) is 197 cm³/mol. The lowest BCUT2D eigenvalue weighted by Gasteiger charge is -2.34. The minimum Gasteiger partial charge on any atom is -0.508 e. The van der Waals surface area contributed by atoms with Gasteiger partial charge in [0.05, 0.1) is 17.8 Å². The van der Waals surface area contributed by atoms with Crippen molar-refractivity contribution in [1.82, 2.24) is 20.2 Å². The number of phenols is 1. The minimum absolute atomic E-state index is 0.00000204. The highest BCUT2D eigenvalue weighted by atomic mass is 32.2. The molecule has 3 atom stereocenters. The number of terminal acetylenes is 1. The maximum Gasteiger partial charge on any atom is 0.446 e. The number of aromatic hydroxyl groups is 1. The zero-order chi connectivity index (χ0) is 37.4.